The third kappa shape index (κ3) is 11.7. The number of Topliss-reactive ketones (excluding diaryl/α,β-unsaturated/α-hetero) is 2. The van der Waals surface area contributed by atoms with Gasteiger partial charge in [0.05, 0.1) is 42.5 Å². The lowest BCUT2D eigenvalue weighted by molar-refractivity contribution is -0.338. The van der Waals surface area contributed by atoms with Crippen molar-refractivity contribution in [2.45, 2.75) is 175 Å². The number of aliphatic hydroxyl groups excluding tert-OH is 3. The van der Waals surface area contributed by atoms with Crippen LogP contribution in [0.15, 0.2) is 11.1 Å². The van der Waals surface area contributed by atoms with Gasteiger partial charge in [0.15, 0.2) is 5.79 Å². The van der Waals surface area contributed by atoms with Gasteiger partial charge in [-0.25, -0.2) is 9.59 Å². The van der Waals surface area contributed by atoms with E-state index in [9.17, 15) is 39.3 Å². The van der Waals surface area contributed by atoms with E-state index in [0.29, 0.717) is 18.8 Å². The molecule has 54 heavy (non-hydrogen) atoms. The molecule has 0 radical (unpaired) electrons. The minimum absolute atomic E-state index is 0.00210. The number of carbonyl (C=O) groups excluding carboxylic acids is 5. The molecule has 13 nitrogen and oxygen atoms in total. The van der Waals surface area contributed by atoms with Crippen LogP contribution in [0.25, 0.3) is 0 Å². The van der Waals surface area contributed by atoms with E-state index in [1.54, 1.807) is 27.7 Å². The molecule has 3 N–H and O–H groups in total. The molecular weight excluding hydrogens is 700 g/mol. The quantitative estimate of drug-likeness (QED) is 0.113. The Morgan fingerprint density at radius 2 is 1.48 bits per heavy atom. The summed E-state index contributed by atoms with van der Waals surface area (Å²) in [6.07, 6.45) is -1.03. The molecule has 3 aliphatic heterocycles. The fourth-order valence-electron chi connectivity index (χ4n) is 8.02. The van der Waals surface area contributed by atoms with Crippen molar-refractivity contribution in [3.8, 4) is 0 Å². The fourth-order valence-corrected chi connectivity index (χ4v) is 8.02. The SMILES string of the molecule is CO[C@H]([C@H](O)CC(=O)[C@@H](C)[C@@H](O)CC[C@@H](C)[C@@H]1OC2(CC[C@@H](C)[C@H](CC[C@@H](C)C(C)=O)O2)CC[C@@H]1C)[C@H](OC(=O)C[C@@H](O)C1=C(C)C(=O)OC1=O)C(C)C. The number of cyclic esters (lactones) is 2. The summed E-state index contributed by atoms with van der Waals surface area (Å²) < 4.78 is 29.1. The average molecular weight is 767 g/mol. The van der Waals surface area contributed by atoms with E-state index in [-0.39, 0.29) is 65.0 Å². The van der Waals surface area contributed by atoms with Gasteiger partial charge in [-0.1, -0.05) is 48.5 Å². The van der Waals surface area contributed by atoms with Crippen molar-refractivity contribution in [3.63, 3.8) is 0 Å². The van der Waals surface area contributed by atoms with Crippen LogP contribution in [-0.4, -0.2) is 100 Å². The number of rotatable bonds is 20. The van der Waals surface area contributed by atoms with E-state index >= 15 is 0 Å². The number of methoxy groups -OCH3 is 1. The van der Waals surface area contributed by atoms with Crippen molar-refractivity contribution in [1.29, 1.82) is 0 Å². The van der Waals surface area contributed by atoms with Crippen LogP contribution in [0.3, 0.4) is 0 Å². The molecular formula is C41H66O13. The van der Waals surface area contributed by atoms with Crippen molar-refractivity contribution in [2.24, 2.45) is 35.5 Å². The molecule has 0 aromatic heterocycles. The summed E-state index contributed by atoms with van der Waals surface area (Å²) in [5.41, 5.74) is -0.403. The van der Waals surface area contributed by atoms with Gasteiger partial charge in [0.1, 0.15) is 23.8 Å². The molecule has 13 heteroatoms. The molecule has 3 aliphatic rings. The number of hydrogen-bond acceptors (Lipinski definition) is 13. The highest BCUT2D eigenvalue weighted by atomic mass is 16.7. The van der Waals surface area contributed by atoms with E-state index in [1.165, 1.54) is 14.0 Å². The molecule has 0 saturated carbocycles. The lowest BCUT2D eigenvalue weighted by atomic mass is 9.79. The van der Waals surface area contributed by atoms with Gasteiger partial charge < -0.3 is 39.0 Å². The molecule has 0 aliphatic carbocycles. The molecule has 0 aromatic carbocycles. The zero-order valence-electron chi connectivity index (χ0n) is 34.0. The molecule has 2 fully saturated rings. The summed E-state index contributed by atoms with van der Waals surface area (Å²) in [5.74, 6) is -4.07. The van der Waals surface area contributed by atoms with Crippen LogP contribution in [0, 0.1) is 35.5 Å². The van der Waals surface area contributed by atoms with E-state index in [0.717, 1.165) is 38.5 Å². The lowest BCUT2D eigenvalue weighted by Gasteiger charge is -2.51. The first-order chi connectivity index (χ1) is 25.2. The average Bonchev–Trinajstić information content (AvgIpc) is 3.37. The van der Waals surface area contributed by atoms with Crippen molar-refractivity contribution in [1.82, 2.24) is 0 Å². The zero-order valence-corrected chi connectivity index (χ0v) is 34.0. The van der Waals surface area contributed by atoms with Gasteiger partial charge >= 0.3 is 17.9 Å². The number of carbonyl (C=O) groups is 5. The van der Waals surface area contributed by atoms with Crippen LogP contribution in [0.2, 0.25) is 0 Å². The summed E-state index contributed by atoms with van der Waals surface area (Å²) in [5, 5.41) is 32.7. The summed E-state index contributed by atoms with van der Waals surface area (Å²) in [6, 6.07) is 0. The van der Waals surface area contributed by atoms with Gasteiger partial charge in [0.25, 0.3) is 0 Å². The van der Waals surface area contributed by atoms with E-state index in [2.05, 4.69) is 25.5 Å². The topological polar surface area (TPSA) is 192 Å². The summed E-state index contributed by atoms with van der Waals surface area (Å²) >= 11 is 0. The van der Waals surface area contributed by atoms with E-state index in [4.69, 9.17) is 18.9 Å². The molecule has 3 rings (SSSR count). The van der Waals surface area contributed by atoms with Crippen molar-refractivity contribution in [2.75, 3.05) is 7.11 Å². The van der Waals surface area contributed by atoms with Crippen molar-refractivity contribution in [3.05, 3.63) is 11.1 Å². The standard InChI is InChI=1S/C41H66O13/c1-21(2)36(51-34(47)20-31(45)35-27(8)39(48)52-40(35)49)38(50-10)32(46)19-30(44)26(7)29(43)13-11-24(5)37-25(6)16-18-41(54-37)17-15-23(4)33(53-41)14-12-22(3)28(9)42/h21-26,29,31-33,36-38,43,45-46H,11-20H2,1-10H3/t22-,23-,24-,25+,26+,29+,31-,32-,33+,36-,37+,38-,41?/m1/s1. The van der Waals surface area contributed by atoms with Gasteiger partial charge in [-0.15, -0.1) is 0 Å². The van der Waals surface area contributed by atoms with Crippen LogP contribution in [0.4, 0.5) is 0 Å². The van der Waals surface area contributed by atoms with Crippen molar-refractivity contribution >= 4 is 29.5 Å². The van der Waals surface area contributed by atoms with Crippen molar-refractivity contribution < 1.29 is 63.0 Å². The van der Waals surface area contributed by atoms with Gasteiger partial charge in [-0.05, 0) is 76.0 Å². The van der Waals surface area contributed by atoms with Gasteiger partial charge in [-0.2, -0.15) is 0 Å². The van der Waals surface area contributed by atoms with Crippen LogP contribution < -0.4 is 0 Å². The summed E-state index contributed by atoms with van der Waals surface area (Å²) in [4.78, 5) is 61.6. The maximum absolute atomic E-state index is 13.3. The Labute approximate surface area is 320 Å². The molecule has 308 valence electrons. The Morgan fingerprint density at radius 3 is 2.04 bits per heavy atom. The van der Waals surface area contributed by atoms with Crippen LogP contribution in [-0.2, 0) is 47.7 Å². The molecule has 1 unspecified atom stereocenters. The maximum atomic E-state index is 13.3. The van der Waals surface area contributed by atoms with Gasteiger partial charge in [-0.3, -0.25) is 14.4 Å². The number of esters is 3. The predicted octanol–water partition coefficient (Wildman–Crippen LogP) is 4.79. The summed E-state index contributed by atoms with van der Waals surface area (Å²) in [7, 11) is 1.32. The highest BCUT2D eigenvalue weighted by Gasteiger charge is 2.48. The van der Waals surface area contributed by atoms with E-state index in [1.807, 2.05) is 6.92 Å². The first-order valence-corrected chi connectivity index (χ1v) is 19.8. The zero-order chi connectivity index (χ0) is 40.7. The molecule has 1 spiro atoms. The third-order valence-electron chi connectivity index (χ3n) is 12.1. The fraction of sp³-hybridized carbons (Fsp3) is 0.829. The second kappa shape index (κ2) is 20.0. The minimum atomic E-state index is -1.63. The number of hydrogen-bond donors (Lipinski definition) is 3. The number of ether oxygens (including phenoxy) is 5. The second-order valence-corrected chi connectivity index (χ2v) is 16.8. The largest absolute Gasteiger partial charge is 0.459 e. The maximum Gasteiger partial charge on any atom is 0.345 e. The molecule has 0 bridgehead atoms. The first-order valence-electron chi connectivity index (χ1n) is 19.8. The molecule has 0 aromatic rings. The third-order valence-corrected chi connectivity index (χ3v) is 12.1. The Kier molecular flexibility index (Phi) is 17.0. The highest BCUT2D eigenvalue weighted by Crippen LogP contribution is 2.45. The Hall–Kier alpha value is -2.55. The van der Waals surface area contributed by atoms with Crippen LogP contribution >= 0.6 is 0 Å². The molecule has 0 amide bonds. The molecule has 3 heterocycles. The predicted molar refractivity (Wildman–Crippen MR) is 197 cm³/mol. The molecule has 13 atom stereocenters. The normalized spacial score (nSPS) is 29.3. The van der Waals surface area contributed by atoms with Gasteiger partial charge in [0.2, 0.25) is 0 Å². The van der Waals surface area contributed by atoms with Crippen LogP contribution in [0.1, 0.15) is 127 Å². The molecule has 2 saturated heterocycles. The number of aliphatic hydroxyl groups is 3. The van der Waals surface area contributed by atoms with Crippen LogP contribution in [0.5, 0.6) is 0 Å². The van der Waals surface area contributed by atoms with Gasteiger partial charge in [0, 0.05) is 43.8 Å². The Morgan fingerprint density at radius 1 is 0.852 bits per heavy atom. The lowest BCUT2D eigenvalue weighted by Crippen LogP contribution is -2.53. The summed E-state index contributed by atoms with van der Waals surface area (Å²) in [6.45, 7) is 16.5. The second-order valence-electron chi connectivity index (χ2n) is 16.8. The smallest absolute Gasteiger partial charge is 0.345 e. The Balaban J connectivity index is 1.54. The highest BCUT2D eigenvalue weighted by molar-refractivity contribution is 6.12. The number of ketones is 2. The minimum Gasteiger partial charge on any atom is -0.459 e. The Bertz CT molecular complexity index is 1350. The monoisotopic (exact) mass is 766 g/mol. The van der Waals surface area contributed by atoms with E-state index < -0.39 is 66.6 Å². The first kappa shape index (κ1) is 45.8.